The summed E-state index contributed by atoms with van der Waals surface area (Å²) in [6, 6.07) is 5.10. The summed E-state index contributed by atoms with van der Waals surface area (Å²) in [5, 5.41) is 6.76. The fourth-order valence-electron chi connectivity index (χ4n) is 3.16. The molecule has 27 heavy (non-hydrogen) atoms. The smallest absolute Gasteiger partial charge is 0.246 e. The Labute approximate surface area is 155 Å². The van der Waals surface area contributed by atoms with E-state index in [1.54, 1.807) is 30.9 Å². The Balaban J connectivity index is 1.45. The fraction of sp³-hybridized carbons (Fsp3) is 0.333. The highest BCUT2D eigenvalue weighted by atomic mass is 16.5. The van der Waals surface area contributed by atoms with E-state index in [1.807, 2.05) is 12.1 Å². The average molecular weight is 365 g/mol. The van der Waals surface area contributed by atoms with Gasteiger partial charge >= 0.3 is 0 Å². The van der Waals surface area contributed by atoms with E-state index in [1.165, 1.54) is 0 Å². The topological polar surface area (TPSA) is 110 Å². The molecule has 1 N–H and O–H groups in total. The predicted octanol–water partition coefficient (Wildman–Crippen LogP) is 1.37. The molecule has 1 saturated heterocycles. The van der Waals surface area contributed by atoms with Crippen molar-refractivity contribution in [3.05, 3.63) is 54.4 Å². The molecule has 1 atom stereocenters. The van der Waals surface area contributed by atoms with E-state index < -0.39 is 0 Å². The van der Waals surface area contributed by atoms with Gasteiger partial charge in [0.15, 0.2) is 0 Å². The molecular formula is C18H19N7O2. The maximum atomic E-state index is 12.9. The van der Waals surface area contributed by atoms with Crippen molar-refractivity contribution in [2.75, 3.05) is 13.1 Å². The van der Waals surface area contributed by atoms with Crippen LogP contribution >= 0.6 is 0 Å². The molecule has 138 valence electrons. The number of hydrogen-bond acceptors (Lipinski definition) is 8. The van der Waals surface area contributed by atoms with Crippen molar-refractivity contribution >= 4 is 5.91 Å². The van der Waals surface area contributed by atoms with Crippen molar-refractivity contribution < 1.29 is 9.32 Å². The number of rotatable bonds is 6. The number of hydrogen-bond donors (Lipinski definition) is 1. The highest BCUT2D eigenvalue weighted by Crippen LogP contribution is 2.25. The van der Waals surface area contributed by atoms with Crippen LogP contribution in [-0.2, 0) is 11.3 Å². The van der Waals surface area contributed by atoms with Crippen LogP contribution in [0.4, 0.5) is 0 Å². The molecule has 3 aromatic rings. The minimum absolute atomic E-state index is 0.111. The van der Waals surface area contributed by atoms with Crippen LogP contribution in [0.1, 0.15) is 30.3 Å². The Morgan fingerprint density at radius 1 is 1.15 bits per heavy atom. The summed E-state index contributed by atoms with van der Waals surface area (Å²) >= 11 is 0. The molecule has 1 amide bonds. The first-order valence-electron chi connectivity index (χ1n) is 8.83. The minimum atomic E-state index is -0.374. The first-order valence-corrected chi connectivity index (χ1v) is 8.83. The lowest BCUT2D eigenvalue weighted by atomic mass is 10.1. The van der Waals surface area contributed by atoms with E-state index >= 15 is 0 Å². The Bertz CT molecular complexity index is 879. The summed E-state index contributed by atoms with van der Waals surface area (Å²) in [5.41, 5.74) is 0.876. The summed E-state index contributed by atoms with van der Waals surface area (Å²) < 4.78 is 5.20. The quantitative estimate of drug-likeness (QED) is 0.697. The summed E-state index contributed by atoms with van der Waals surface area (Å²) in [6.07, 6.45) is 8.83. The molecule has 4 rings (SSSR count). The first kappa shape index (κ1) is 17.2. The molecule has 4 heterocycles. The number of likely N-dealkylation sites (tertiary alicyclic amines) is 1. The molecule has 9 heteroatoms. The van der Waals surface area contributed by atoms with Crippen molar-refractivity contribution in [2.45, 2.75) is 25.4 Å². The number of aromatic nitrogens is 5. The van der Waals surface area contributed by atoms with Crippen molar-refractivity contribution in [3.63, 3.8) is 0 Å². The van der Waals surface area contributed by atoms with E-state index in [-0.39, 0.29) is 18.5 Å². The van der Waals surface area contributed by atoms with Crippen LogP contribution in [0.5, 0.6) is 0 Å². The van der Waals surface area contributed by atoms with Crippen LogP contribution in [0.2, 0.25) is 0 Å². The van der Waals surface area contributed by atoms with E-state index in [9.17, 15) is 4.79 Å². The molecule has 0 bridgehead atoms. The second-order valence-electron chi connectivity index (χ2n) is 6.23. The molecule has 0 aliphatic carbocycles. The van der Waals surface area contributed by atoms with Crippen LogP contribution in [0.3, 0.4) is 0 Å². The number of carbonyl (C=O) groups is 1. The van der Waals surface area contributed by atoms with Gasteiger partial charge in [-0.05, 0) is 43.6 Å². The molecule has 0 aromatic carbocycles. The predicted molar refractivity (Wildman–Crippen MR) is 95.0 cm³/mol. The zero-order chi connectivity index (χ0) is 18.5. The normalized spacial score (nSPS) is 15.6. The van der Waals surface area contributed by atoms with Gasteiger partial charge in [0.1, 0.15) is 6.04 Å². The Kier molecular flexibility index (Phi) is 5.10. The van der Waals surface area contributed by atoms with Gasteiger partial charge in [-0.2, -0.15) is 4.98 Å². The molecule has 3 aromatic heterocycles. The number of amides is 1. The van der Waals surface area contributed by atoms with Crippen LogP contribution in [0.15, 0.2) is 47.5 Å². The number of nitrogens with zero attached hydrogens (tertiary/aromatic N) is 6. The van der Waals surface area contributed by atoms with Gasteiger partial charge in [-0.3, -0.25) is 14.7 Å². The van der Waals surface area contributed by atoms with Crippen LogP contribution in [0, 0.1) is 0 Å². The molecular weight excluding hydrogens is 346 g/mol. The summed E-state index contributed by atoms with van der Waals surface area (Å²) in [7, 11) is 0. The van der Waals surface area contributed by atoms with Crippen molar-refractivity contribution in [2.24, 2.45) is 0 Å². The maximum absolute atomic E-state index is 12.9. The van der Waals surface area contributed by atoms with Gasteiger partial charge < -0.3 is 9.84 Å². The Hall–Kier alpha value is -3.20. The molecule has 1 fully saturated rings. The summed E-state index contributed by atoms with van der Waals surface area (Å²) in [6.45, 7) is 1.93. The molecule has 0 saturated carbocycles. The van der Waals surface area contributed by atoms with Gasteiger partial charge in [-0.25, -0.2) is 9.97 Å². The molecule has 1 aliphatic heterocycles. The highest BCUT2D eigenvalue weighted by molar-refractivity contribution is 5.83. The Morgan fingerprint density at radius 3 is 2.70 bits per heavy atom. The van der Waals surface area contributed by atoms with Crippen LogP contribution in [-0.4, -0.2) is 49.0 Å². The second-order valence-corrected chi connectivity index (χ2v) is 6.23. The van der Waals surface area contributed by atoms with Crippen LogP contribution < -0.4 is 5.32 Å². The number of carbonyl (C=O) groups excluding carboxylic acids is 1. The SMILES string of the molecule is O=C(NCc1nc(-c2ncccn2)no1)[C@@H](c1cccnc1)N1CCCC1. The second kappa shape index (κ2) is 8.00. The number of nitrogens with one attached hydrogen (secondary N) is 1. The lowest BCUT2D eigenvalue weighted by Crippen LogP contribution is -2.39. The lowest BCUT2D eigenvalue weighted by molar-refractivity contribution is -0.126. The van der Waals surface area contributed by atoms with Gasteiger partial charge in [0.05, 0.1) is 6.54 Å². The monoisotopic (exact) mass is 365 g/mol. The minimum Gasteiger partial charge on any atom is -0.345 e. The first-order chi connectivity index (χ1) is 13.3. The van der Waals surface area contributed by atoms with Gasteiger partial charge in [0.2, 0.25) is 23.4 Å². The zero-order valence-electron chi connectivity index (χ0n) is 14.7. The van der Waals surface area contributed by atoms with Crippen molar-refractivity contribution in [3.8, 4) is 11.6 Å². The third kappa shape index (κ3) is 3.98. The standard InChI is InChI=1S/C18H19N7O2/c26-18(15(25-9-1-2-10-25)13-5-3-6-19-11-13)22-12-14-23-17(24-27-14)16-20-7-4-8-21-16/h3-8,11,15H,1-2,9-10,12H2,(H,22,26)/t15-/m1/s1. The van der Waals surface area contributed by atoms with E-state index in [2.05, 4.69) is 35.3 Å². The molecule has 0 unspecified atom stereocenters. The van der Waals surface area contributed by atoms with Gasteiger partial charge in [0.25, 0.3) is 0 Å². The van der Waals surface area contributed by atoms with Gasteiger partial charge in [0, 0.05) is 24.8 Å². The van der Waals surface area contributed by atoms with E-state index in [4.69, 9.17) is 4.52 Å². The third-order valence-electron chi connectivity index (χ3n) is 4.40. The van der Waals surface area contributed by atoms with Gasteiger partial charge in [-0.1, -0.05) is 11.2 Å². The van der Waals surface area contributed by atoms with E-state index in [0.717, 1.165) is 31.5 Å². The molecule has 0 spiro atoms. The highest BCUT2D eigenvalue weighted by Gasteiger charge is 2.30. The third-order valence-corrected chi connectivity index (χ3v) is 4.40. The maximum Gasteiger partial charge on any atom is 0.246 e. The van der Waals surface area contributed by atoms with Crippen LogP contribution in [0.25, 0.3) is 11.6 Å². The molecule has 0 radical (unpaired) electrons. The largest absolute Gasteiger partial charge is 0.345 e. The number of pyridine rings is 1. The van der Waals surface area contributed by atoms with Crippen molar-refractivity contribution in [1.82, 2.24) is 35.3 Å². The zero-order valence-corrected chi connectivity index (χ0v) is 14.7. The lowest BCUT2D eigenvalue weighted by Gasteiger charge is -2.26. The molecule has 9 nitrogen and oxygen atoms in total. The van der Waals surface area contributed by atoms with E-state index in [0.29, 0.717) is 17.5 Å². The molecule has 1 aliphatic rings. The summed E-state index contributed by atoms with van der Waals surface area (Å²) in [5.74, 6) is 0.866. The summed E-state index contributed by atoms with van der Waals surface area (Å²) in [4.78, 5) is 31.6. The fourth-order valence-corrected chi connectivity index (χ4v) is 3.16. The van der Waals surface area contributed by atoms with Crippen molar-refractivity contribution in [1.29, 1.82) is 0 Å². The van der Waals surface area contributed by atoms with Gasteiger partial charge in [-0.15, -0.1) is 0 Å². The Morgan fingerprint density at radius 2 is 1.96 bits per heavy atom. The average Bonchev–Trinajstić information content (AvgIpc) is 3.41.